The van der Waals surface area contributed by atoms with E-state index in [0.29, 0.717) is 19.0 Å². The van der Waals surface area contributed by atoms with E-state index in [4.69, 9.17) is 0 Å². The highest BCUT2D eigenvalue weighted by molar-refractivity contribution is 5.79. The average molecular weight is 182 g/mol. The molecule has 1 amide bonds. The van der Waals surface area contributed by atoms with E-state index in [0.717, 1.165) is 32.3 Å². The summed E-state index contributed by atoms with van der Waals surface area (Å²) in [6, 6.07) is 0.376. The predicted octanol–water partition coefficient (Wildman–Crippen LogP) is -0.508. The summed E-state index contributed by atoms with van der Waals surface area (Å²) >= 11 is 0. The highest BCUT2D eigenvalue weighted by atomic mass is 16.2. The average Bonchev–Trinajstić information content (AvgIpc) is 2.48. The van der Waals surface area contributed by atoms with Crippen molar-refractivity contribution in [1.29, 1.82) is 0 Å². The molecule has 0 spiro atoms. The smallest absolute Gasteiger partial charge is 0.222 e. The largest absolute Gasteiger partial charge is 0.337 e. The topological polar surface area (TPSA) is 40.6 Å². The minimum Gasteiger partial charge on any atom is -0.337 e. The van der Waals surface area contributed by atoms with Crippen molar-refractivity contribution in [3.8, 4) is 0 Å². The molecular formula is C9H14N2O2. The van der Waals surface area contributed by atoms with Gasteiger partial charge in [-0.15, -0.1) is 0 Å². The van der Waals surface area contributed by atoms with E-state index >= 15 is 0 Å². The Morgan fingerprint density at radius 2 is 2.31 bits per heavy atom. The molecule has 0 aliphatic carbocycles. The van der Waals surface area contributed by atoms with Crippen molar-refractivity contribution in [3.63, 3.8) is 0 Å². The second-order valence-corrected chi connectivity index (χ2v) is 3.71. The zero-order valence-corrected chi connectivity index (χ0v) is 7.61. The monoisotopic (exact) mass is 182 g/mol. The first-order valence-corrected chi connectivity index (χ1v) is 4.76. The number of carbonyl (C=O) groups excluding carboxylic acids is 2. The maximum Gasteiger partial charge on any atom is 0.222 e. The molecule has 0 bridgehead atoms. The first-order chi connectivity index (χ1) is 6.31. The summed E-state index contributed by atoms with van der Waals surface area (Å²) in [6.45, 7) is 3.04. The van der Waals surface area contributed by atoms with Gasteiger partial charge in [0.05, 0.1) is 6.54 Å². The molecule has 13 heavy (non-hydrogen) atoms. The fourth-order valence-electron chi connectivity index (χ4n) is 2.20. The maximum atomic E-state index is 11.3. The molecule has 0 N–H and O–H groups in total. The van der Waals surface area contributed by atoms with Gasteiger partial charge in [-0.1, -0.05) is 0 Å². The third kappa shape index (κ3) is 1.58. The van der Waals surface area contributed by atoms with Crippen molar-refractivity contribution in [1.82, 2.24) is 9.80 Å². The first-order valence-electron chi connectivity index (χ1n) is 4.76. The van der Waals surface area contributed by atoms with Crippen molar-refractivity contribution < 1.29 is 9.59 Å². The molecule has 2 rings (SSSR count). The lowest BCUT2D eigenvalue weighted by Gasteiger charge is -2.36. The van der Waals surface area contributed by atoms with Crippen LogP contribution in [-0.4, -0.2) is 54.2 Å². The van der Waals surface area contributed by atoms with Gasteiger partial charge in [-0.25, -0.2) is 0 Å². The zero-order valence-electron chi connectivity index (χ0n) is 7.61. The molecule has 1 unspecified atom stereocenters. The van der Waals surface area contributed by atoms with Crippen LogP contribution in [0.15, 0.2) is 0 Å². The molecule has 0 radical (unpaired) electrons. The van der Waals surface area contributed by atoms with Gasteiger partial charge in [-0.2, -0.15) is 0 Å². The van der Waals surface area contributed by atoms with Gasteiger partial charge >= 0.3 is 0 Å². The molecule has 0 aromatic carbocycles. The highest BCUT2D eigenvalue weighted by Crippen LogP contribution is 2.22. The number of hydrogen-bond acceptors (Lipinski definition) is 3. The third-order valence-corrected chi connectivity index (χ3v) is 2.91. The van der Waals surface area contributed by atoms with Gasteiger partial charge in [0.2, 0.25) is 5.91 Å². The van der Waals surface area contributed by atoms with E-state index in [9.17, 15) is 9.59 Å². The number of hydrogen-bond donors (Lipinski definition) is 0. The second-order valence-electron chi connectivity index (χ2n) is 3.71. The van der Waals surface area contributed by atoms with Gasteiger partial charge in [0.25, 0.3) is 0 Å². The summed E-state index contributed by atoms with van der Waals surface area (Å²) in [4.78, 5) is 25.7. The fourth-order valence-corrected chi connectivity index (χ4v) is 2.20. The Balaban J connectivity index is 1.95. The van der Waals surface area contributed by atoms with E-state index in [1.807, 2.05) is 4.90 Å². The number of aldehydes is 1. The van der Waals surface area contributed by atoms with Crippen LogP contribution in [0.5, 0.6) is 0 Å². The van der Waals surface area contributed by atoms with Crippen LogP contribution in [0.4, 0.5) is 0 Å². The lowest BCUT2D eigenvalue weighted by molar-refractivity contribution is -0.130. The lowest BCUT2D eigenvalue weighted by atomic mass is 10.1. The van der Waals surface area contributed by atoms with Crippen LogP contribution in [-0.2, 0) is 9.59 Å². The summed E-state index contributed by atoms with van der Waals surface area (Å²) < 4.78 is 0. The van der Waals surface area contributed by atoms with E-state index < -0.39 is 0 Å². The van der Waals surface area contributed by atoms with Crippen LogP contribution in [0.1, 0.15) is 12.8 Å². The fraction of sp³-hybridized carbons (Fsp3) is 0.778. The normalized spacial score (nSPS) is 29.1. The Bertz CT molecular complexity index is 230. The molecule has 2 aliphatic rings. The van der Waals surface area contributed by atoms with Crippen LogP contribution in [0, 0.1) is 0 Å². The molecule has 2 aliphatic heterocycles. The third-order valence-electron chi connectivity index (χ3n) is 2.91. The van der Waals surface area contributed by atoms with E-state index in [-0.39, 0.29) is 5.91 Å². The summed E-state index contributed by atoms with van der Waals surface area (Å²) in [5.74, 6) is 0.288. The molecule has 0 aromatic rings. The van der Waals surface area contributed by atoms with Crippen molar-refractivity contribution in [2.24, 2.45) is 0 Å². The second kappa shape index (κ2) is 3.46. The Labute approximate surface area is 77.5 Å². The Kier molecular flexibility index (Phi) is 2.31. The Morgan fingerprint density at radius 3 is 3.08 bits per heavy atom. The first kappa shape index (κ1) is 8.69. The molecular weight excluding hydrogens is 168 g/mol. The Hall–Kier alpha value is -0.900. The molecule has 4 heteroatoms. The van der Waals surface area contributed by atoms with Crippen LogP contribution in [0.25, 0.3) is 0 Å². The van der Waals surface area contributed by atoms with Gasteiger partial charge in [-0.05, 0) is 6.42 Å². The molecule has 2 saturated heterocycles. The minimum absolute atomic E-state index is 0.288. The highest BCUT2D eigenvalue weighted by Gasteiger charge is 2.34. The molecule has 2 heterocycles. The maximum absolute atomic E-state index is 11.3. The van der Waals surface area contributed by atoms with Gasteiger partial charge < -0.3 is 9.69 Å². The van der Waals surface area contributed by atoms with Crippen molar-refractivity contribution in [2.75, 3.05) is 26.2 Å². The van der Waals surface area contributed by atoms with E-state index in [1.165, 1.54) is 0 Å². The number of piperazine rings is 1. The van der Waals surface area contributed by atoms with Crippen molar-refractivity contribution in [3.05, 3.63) is 0 Å². The standard InChI is InChI=1S/C9H14N2O2/c12-6-5-10-3-4-11-8(7-10)1-2-9(11)13/h6,8H,1-5,7H2. The van der Waals surface area contributed by atoms with Gasteiger partial charge in [-0.3, -0.25) is 9.69 Å². The molecule has 4 nitrogen and oxygen atoms in total. The van der Waals surface area contributed by atoms with Crippen molar-refractivity contribution >= 4 is 12.2 Å². The number of rotatable bonds is 2. The summed E-state index contributed by atoms with van der Waals surface area (Å²) in [6.07, 6.45) is 2.60. The SMILES string of the molecule is O=CCN1CCN2C(=O)CCC2C1. The van der Waals surface area contributed by atoms with E-state index in [1.54, 1.807) is 0 Å². The number of amides is 1. The van der Waals surface area contributed by atoms with E-state index in [2.05, 4.69) is 4.90 Å². The van der Waals surface area contributed by atoms with Crippen molar-refractivity contribution in [2.45, 2.75) is 18.9 Å². The summed E-state index contributed by atoms with van der Waals surface area (Å²) in [5.41, 5.74) is 0. The van der Waals surface area contributed by atoms with Gasteiger partial charge in [0.1, 0.15) is 6.29 Å². The number of nitrogens with zero attached hydrogens (tertiary/aromatic N) is 2. The molecule has 2 fully saturated rings. The molecule has 0 saturated carbocycles. The van der Waals surface area contributed by atoms with Crippen LogP contribution in [0.2, 0.25) is 0 Å². The summed E-state index contributed by atoms with van der Waals surface area (Å²) in [5, 5.41) is 0. The molecule has 0 aromatic heterocycles. The predicted molar refractivity (Wildman–Crippen MR) is 47.2 cm³/mol. The molecule has 72 valence electrons. The van der Waals surface area contributed by atoms with Crippen LogP contribution in [0.3, 0.4) is 0 Å². The van der Waals surface area contributed by atoms with Crippen LogP contribution < -0.4 is 0 Å². The minimum atomic E-state index is 0.288. The van der Waals surface area contributed by atoms with Crippen LogP contribution >= 0.6 is 0 Å². The quantitative estimate of drug-likeness (QED) is 0.540. The number of fused-ring (bicyclic) bond motifs is 1. The van der Waals surface area contributed by atoms with Gasteiger partial charge in [0.15, 0.2) is 0 Å². The summed E-state index contributed by atoms with van der Waals surface area (Å²) in [7, 11) is 0. The zero-order chi connectivity index (χ0) is 9.26. The Morgan fingerprint density at radius 1 is 1.46 bits per heavy atom. The molecule has 1 atom stereocenters. The van der Waals surface area contributed by atoms with Gasteiger partial charge in [0, 0.05) is 32.1 Å². The number of carbonyl (C=O) groups is 2. The lowest BCUT2D eigenvalue weighted by Crippen LogP contribution is -2.51.